The summed E-state index contributed by atoms with van der Waals surface area (Å²) in [5.41, 5.74) is 8.22. The second-order valence-electron chi connectivity index (χ2n) is 7.37. The van der Waals surface area contributed by atoms with E-state index in [1.54, 1.807) is 6.26 Å². The summed E-state index contributed by atoms with van der Waals surface area (Å²) in [6.45, 7) is 7.34. The molecule has 2 aromatic rings. The van der Waals surface area contributed by atoms with Crippen molar-refractivity contribution in [3.8, 4) is 11.5 Å². The van der Waals surface area contributed by atoms with Crippen LogP contribution in [0.4, 0.5) is 0 Å². The summed E-state index contributed by atoms with van der Waals surface area (Å²) >= 11 is 0. The van der Waals surface area contributed by atoms with E-state index >= 15 is 0 Å². The van der Waals surface area contributed by atoms with Gasteiger partial charge in [-0.3, -0.25) is 9.69 Å². The zero-order valence-corrected chi connectivity index (χ0v) is 17.1. The minimum absolute atomic E-state index is 0.274. The van der Waals surface area contributed by atoms with Gasteiger partial charge in [-0.2, -0.15) is 0 Å². The monoisotopic (exact) mass is 398 g/mol. The average Bonchev–Trinajstić information content (AvgIpc) is 3.17. The molecule has 0 atom stereocenters. The van der Waals surface area contributed by atoms with Crippen molar-refractivity contribution >= 4 is 11.9 Å². The number of nitrogens with zero attached hydrogens (tertiary/aromatic N) is 3. The fourth-order valence-electron chi connectivity index (χ4n) is 3.34. The number of primary amides is 1. The van der Waals surface area contributed by atoms with Gasteiger partial charge in [-0.05, 0) is 38.8 Å². The molecule has 0 spiro atoms. The number of rotatable bonds is 7. The van der Waals surface area contributed by atoms with Gasteiger partial charge in [-0.15, -0.1) is 0 Å². The smallest absolute Gasteiger partial charge is 0.231 e. The summed E-state index contributed by atoms with van der Waals surface area (Å²) in [5, 5.41) is 6.76. The summed E-state index contributed by atoms with van der Waals surface area (Å²) in [6, 6.07) is 8.41. The molecule has 2 heterocycles. The highest BCUT2D eigenvalue weighted by atomic mass is 16.3. The van der Waals surface area contributed by atoms with E-state index in [2.05, 4.69) is 32.4 Å². The Morgan fingerprint density at radius 3 is 2.69 bits per heavy atom. The molecular formula is C21H30N6O2. The van der Waals surface area contributed by atoms with Gasteiger partial charge in [-0.25, -0.2) is 9.98 Å². The largest absolute Gasteiger partial charge is 0.444 e. The van der Waals surface area contributed by atoms with Crippen molar-refractivity contribution in [2.24, 2.45) is 10.7 Å². The standard InChI is InChI=1S/C21H30N6O2/c1-3-23-21(26-17-8-10-27(11-9-17)13-19(22)28)24-12-18-14-29-20(25-18)16-6-4-15(2)5-7-16/h4-7,14,17H,3,8-13H2,1-2H3,(H2,22,28)(H2,23,24,26). The molecule has 0 unspecified atom stereocenters. The molecule has 1 aliphatic rings. The summed E-state index contributed by atoms with van der Waals surface area (Å²) in [4.78, 5) is 22.3. The minimum Gasteiger partial charge on any atom is -0.444 e. The molecule has 29 heavy (non-hydrogen) atoms. The van der Waals surface area contributed by atoms with Crippen molar-refractivity contribution in [1.82, 2.24) is 20.5 Å². The number of likely N-dealkylation sites (tertiary alicyclic amines) is 1. The number of oxazole rings is 1. The lowest BCUT2D eigenvalue weighted by atomic mass is 10.1. The van der Waals surface area contributed by atoms with Gasteiger partial charge < -0.3 is 20.8 Å². The first kappa shape index (κ1) is 20.9. The highest BCUT2D eigenvalue weighted by Crippen LogP contribution is 2.19. The Hall–Kier alpha value is -2.87. The van der Waals surface area contributed by atoms with Crippen LogP contribution in [0.3, 0.4) is 0 Å². The second-order valence-corrected chi connectivity index (χ2v) is 7.37. The molecule has 4 N–H and O–H groups in total. The number of benzene rings is 1. The molecule has 3 rings (SSSR count). The van der Waals surface area contributed by atoms with Crippen molar-refractivity contribution in [1.29, 1.82) is 0 Å². The Labute approximate surface area is 171 Å². The van der Waals surface area contributed by atoms with Crippen LogP contribution in [0.5, 0.6) is 0 Å². The molecule has 1 aromatic heterocycles. The quantitative estimate of drug-likeness (QED) is 0.483. The molecule has 0 aliphatic carbocycles. The third-order valence-electron chi connectivity index (χ3n) is 4.90. The number of amides is 1. The molecule has 8 nitrogen and oxygen atoms in total. The van der Waals surface area contributed by atoms with Crippen molar-refractivity contribution in [3.63, 3.8) is 0 Å². The third-order valence-corrected chi connectivity index (χ3v) is 4.90. The van der Waals surface area contributed by atoms with E-state index in [0.717, 1.165) is 49.7 Å². The number of aliphatic imine (C=N–C) groups is 1. The Morgan fingerprint density at radius 1 is 1.31 bits per heavy atom. The van der Waals surface area contributed by atoms with Crippen LogP contribution in [-0.4, -0.2) is 54.0 Å². The molecule has 1 saturated heterocycles. The first-order chi connectivity index (χ1) is 14.0. The van der Waals surface area contributed by atoms with E-state index in [-0.39, 0.29) is 5.91 Å². The van der Waals surface area contributed by atoms with Gasteiger partial charge in [0.25, 0.3) is 0 Å². The van der Waals surface area contributed by atoms with Crippen LogP contribution in [-0.2, 0) is 11.3 Å². The summed E-state index contributed by atoms with van der Waals surface area (Å²) < 4.78 is 5.61. The van der Waals surface area contributed by atoms with Gasteiger partial charge in [-0.1, -0.05) is 17.7 Å². The maximum absolute atomic E-state index is 11.1. The lowest BCUT2D eigenvalue weighted by Gasteiger charge is -2.32. The van der Waals surface area contributed by atoms with Crippen molar-refractivity contribution in [2.75, 3.05) is 26.2 Å². The second kappa shape index (κ2) is 10.1. The normalized spacial score (nSPS) is 16.0. The zero-order chi connectivity index (χ0) is 20.6. The maximum Gasteiger partial charge on any atom is 0.231 e. The molecule has 0 radical (unpaired) electrons. The van der Waals surface area contributed by atoms with Gasteiger partial charge in [0.05, 0.1) is 13.1 Å². The predicted octanol–water partition coefficient (Wildman–Crippen LogP) is 1.65. The fraction of sp³-hybridized carbons (Fsp3) is 0.476. The number of hydrogen-bond donors (Lipinski definition) is 3. The molecule has 1 fully saturated rings. The number of carbonyl (C=O) groups is 1. The number of hydrogen-bond acceptors (Lipinski definition) is 5. The lowest BCUT2D eigenvalue weighted by molar-refractivity contribution is -0.119. The molecule has 1 aromatic carbocycles. The Balaban J connectivity index is 1.56. The third kappa shape index (κ3) is 6.32. The first-order valence-corrected chi connectivity index (χ1v) is 10.1. The highest BCUT2D eigenvalue weighted by molar-refractivity contribution is 5.80. The van der Waals surface area contributed by atoms with Gasteiger partial charge in [0.2, 0.25) is 11.8 Å². The topological polar surface area (TPSA) is 109 Å². The van der Waals surface area contributed by atoms with Crippen molar-refractivity contribution in [2.45, 2.75) is 39.3 Å². The number of aromatic nitrogens is 1. The average molecular weight is 399 g/mol. The SMILES string of the molecule is CCNC(=NCc1coc(-c2ccc(C)cc2)n1)NC1CCN(CC(N)=O)CC1. The Bertz CT molecular complexity index is 822. The van der Waals surface area contributed by atoms with Gasteiger partial charge in [0.15, 0.2) is 5.96 Å². The van der Waals surface area contributed by atoms with E-state index in [4.69, 9.17) is 10.2 Å². The first-order valence-electron chi connectivity index (χ1n) is 10.1. The number of guanidine groups is 1. The fourth-order valence-corrected chi connectivity index (χ4v) is 3.34. The van der Waals surface area contributed by atoms with Gasteiger partial charge in [0, 0.05) is 31.2 Å². The van der Waals surface area contributed by atoms with E-state index < -0.39 is 0 Å². The Kier molecular flexibility index (Phi) is 7.24. The minimum atomic E-state index is -0.274. The van der Waals surface area contributed by atoms with Crippen LogP contribution >= 0.6 is 0 Å². The van der Waals surface area contributed by atoms with Gasteiger partial charge >= 0.3 is 0 Å². The summed E-state index contributed by atoms with van der Waals surface area (Å²) in [6.07, 6.45) is 3.54. The van der Waals surface area contributed by atoms with E-state index in [0.29, 0.717) is 25.0 Å². The Morgan fingerprint density at radius 2 is 2.03 bits per heavy atom. The molecule has 156 valence electrons. The van der Waals surface area contributed by atoms with Crippen LogP contribution in [0.2, 0.25) is 0 Å². The lowest BCUT2D eigenvalue weighted by Crippen LogP contribution is -2.49. The molecule has 8 heteroatoms. The molecule has 0 saturated carbocycles. The number of nitrogens with two attached hydrogens (primary N) is 1. The van der Waals surface area contributed by atoms with Crippen LogP contribution in [0.15, 0.2) is 39.9 Å². The number of piperidine rings is 1. The van der Waals surface area contributed by atoms with E-state index in [9.17, 15) is 4.79 Å². The van der Waals surface area contributed by atoms with E-state index in [1.807, 2.05) is 31.2 Å². The molecule has 1 aliphatic heterocycles. The van der Waals surface area contributed by atoms with Crippen LogP contribution in [0, 0.1) is 6.92 Å². The van der Waals surface area contributed by atoms with E-state index in [1.165, 1.54) is 5.56 Å². The number of nitrogens with one attached hydrogen (secondary N) is 2. The summed E-state index contributed by atoms with van der Waals surface area (Å²) in [5.74, 6) is 1.10. The summed E-state index contributed by atoms with van der Waals surface area (Å²) in [7, 11) is 0. The van der Waals surface area contributed by atoms with Crippen LogP contribution in [0.25, 0.3) is 11.5 Å². The number of carbonyl (C=O) groups excluding carboxylic acids is 1. The van der Waals surface area contributed by atoms with Crippen LogP contribution < -0.4 is 16.4 Å². The molecule has 1 amide bonds. The number of aryl methyl sites for hydroxylation is 1. The zero-order valence-electron chi connectivity index (χ0n) is 17.1. The van der Waals surface area contributed by atoms with Gasteiger partial charge in [0.1, 0.15) is 12.0 Å². The predicted molar refractivity (Wildman–Crippen MR) is 113 cm³/mol. The van der Waals surface area contributed by atoms with Crippen molar-refractivity contribution in [3.05, 3.63) is 41.8 Å². The molecule has 0 bridgehead atoms. The highest BCUT2D eigenvalue weighted by Gasteiger charge is 2.20. The van der Waals surface area contributed by atoms with Crippen LogP contribution in [0.1, 0.15) is 31.0 Å². The molecular weight excluding hydrogens is 368 g/mol. The van der Waals surface area contributed by atoms with Crippen molar-refractivity contribution < 1.29 is 9.21 Å². The maximum atomic E-state index is 11.1.